The summed E-state index contributed by atoms with van der Waals surface area (Å²) in [5.41, 5.74) is 3.74. The van der Waals surface area contributed by atoms with Crippen molar-refractivity contribution >= 4 is 28.8 Å². The third kappa shape index (κ3) is 4.88. The van der Waals surface area contributed by atoms with E-state index in [0.29, 0.717) is 36.6 Å². The van der Waals surface area contributed by atoms with Crippen molar-refractivity contribution in [3.63, 3.8) is 0 Å². The van der Waals surface area contributed by atoms with E-state index < -0.39 is 22.7 Å². The number of ether oxygens (including phenoxy) is 2. The van der Waals surface area contributed by atoms with Gasteiger partial charge in [-0.05, 0) is 54.8 Å². The van der Waals surface area contributed by atoms with Crippen LogP contribution in [0.4, 0.5) is 0 Å². The minimum Gasteiger partial charge on any atom is -0.439 e. The molecular formula is C30H35N5O4SSi. The SMILES string of the molecule is C[Si](C)(C)CCOCn1nccc1-c1ccc(Oc2ccc3nc(CN4CC5CC56C4CS6(=O)=O)ccc3c2)nc1. The first kappa shape index (κ1) is 26.8. The fraction of sp³-hybridized carbons (Fsp3) is 0.433. The van der Waals surface area contributed by atoms with Gasteiger partial charge in [0.15, 0.2) is 9.84 Å². The summed E-state index contributed by atoms with van der Waals surface area (Å²) in [6, 6.07) is 17.0. The Labute approximate surface area is 241 Å². The number of pyridine rings is 2. The van der Waals surface area contributed by atoms with Crippen molar-refractivity contribution in [2.24, 2.45) is 5.92 Å². The predicted molar refractivity (Wildman–Crippen MR) is 160 cm³/mol. The van der Waals surface area contributed by atoms with Crippen molar-refractivity contribution in [1.82, 2.24) is 24.6 Å². The summed E-state index contributed by atoms with van der Waals surface area (Å²) in [4.78, 5) is 11.7. The molecule has 3 unspecified atom stereocenters. The molecule has 7 rings (SSSR count). The van der Waals surface area contributed by atoms with Crippen molar-refractivity contribution in [2.45, 2.75) is 56.2 Å². The van der Waals surface area contributed by atoms with Gasteiger partial charge in [0, 0.05) is 63.2 Å². The lowest BCUT2D eigenvalue weighted by Crippen LogP contribution is -2.58. The highest BCUT2D eigenvalue weighted by Crippen LogP contribution is 2.65. The van der Waals surface area contributed by atoms with Crippen LogP contribution in [0.1, 0.15) is 12.1 Å². The van der Waals surface area contributed by atoms with Crippen molar-refractivity contribution < 1.29 is 17.9 Å². The topological polar surface area (TPSA) is 99.4 Å². The summed E-state index contributed by atoms with van der Waals surface area (Å²) in [6.07, 6.45) is 4.41. The third-order valence-corrected chi connectivity index (χ3v) is 13.2. The Morgan fingerprint density at radius 3 is 2.73 bits per heavy atom. The maximum atomic E-state index is 12.3. The Morgan fingerprint density at radius 1 is 1.10 bits per heavy atom. The number of benzene rings is 1. The third-order valence-electron chi connectivity index (χ3n) is 8.78. The zero-order chi connectivity index (χ0) is 28.4. The van der Waals surface area contributed by atoms with E-state index in [4.69, 9.17) is 14.5 Å². The molecule has 3 aliphatic rings. The summed E-state index contributed by atoms with van der Waals surface area (Å²) in [6.45, 7) is 9.73. The van der Waals surface area contributed by atoms with E-state index in [1.54, 1.807) is 12.4 Å². The normalized spacial score (nSPS) is 24.6. The van der Waals surface area contributed by atoms with Crippen LogP contribution in [0.15, 0.2) is 60.9 Å². The molecule has 3 fully saturated rings. The van der Waals surface area contributed by atoms with Crippen LogP contribution < -0.4 is 4.74 Å². The van der Waals surface area contributed by atoms with E-state index in [2.05, 4.69) is 40.7 Å². The largest absolute Gasteiger partial charge is 0.439 e. The smallest absolute Gasteiger partial charge is 0.219 e. The molecule has 2 saturated heterocycles. The number of aromatic nitrogens is 4. The zero-order valence-corrected chi connectivity index (χ0v) is 25.5. The highest BCUT2D eigenvalue weighted by Gasteiger charge is 2.79. The second-order valence-electron chi connectivity index (χ2n) is 12.8. The molecule has 0 radical (unpaired) electrons. The average Bonchev–Trinajstić information content (AvgIpc) is 3.42. The first-order valence-electron chi connectivity index (χ1n) is 14.2. The fourth-order valence-corrected chi connectivity index (χ4v) is 9.75. The van der Waals surface area contributed by atoms with Gasteiger partial charge >= 0.3 is 0 Å². The number of piperidine rings is 1. The summed E-state index contributed by atoms with van der Waals surface area (Å²) in [5, 5.41) is 5.39. The number of hydrogen-bond donors (Lipinski definition) is 0. The van der Waals surface area contributed by atoms with Crippen LogP contribution in [-0.2, 0) is 27.8 Å². The first-order valence-corrected chi connectivity index (χ1v) is 19.6. The van der Waals surface area contributed by atoms with Crippen molar-refractivity contribution in [1.29, 1.82) is 0 Å². The van der Waals surface area contributed by atoms with Gasteiger partial charge < -0.3 is 9.47 Å². The van der Waals surface area contributed by atoms with Gasteiger partial charge in [0.1, 0.15) is 12.5 Å². The molecule has 2 aliphatic heterocycles. The van der Waals surface area contributed by atoms with Crippen molar-refractivity contribution in [2.75, 3.05) is 18.9 Å². The predicted octanol–water partition coefficient (Wildman–Crippen LogP) is 4.97. The molecule has 5 heterocycles. The standard InChI is InChI=1S/C30H35N5O4SSi/c1-41(2,3)13-12-38-20-35-27(10-11-32-35)22-5-9-29(31-16-22)39-25-7-8-26-21(14-25)4-6-24(33-26)18-34-17-23-15-30(23)28(34)19-40(30,36)37/h4-11,14,16,23,28H,12-13,15,17-20H2,1-3H3. The molecule has 0 amide bonds. The Hall–Kier alpha value is -3.12. The molecule has 11 heteroatoms. The Morgan fingerprint density at radius 2 is 1.98 bits per heavy atom. The molecule has 0 N–H and O–H groups in total. The second kappa shape index (κ2) is 9.72. The molecular weight excluding hydrogens is 555 g/mol. The van der Waals surface area contributed by atoms with Gasteiger partial charge in [0.2, 0.25) is 5.88 Å². The van der Waals surface area contributed by atoms with Crippen LogP contribution in [0, 0.1) is 5.92 Å². The monoisotopic (exact) mass is 589 g/mol. The molecule has 4 aromatic rings. The molecule has 9 nitrogen and oxygen atoms in total. The van der Waals surface area contributed by atoms with E-state index >= 15 is 0 Å². The number of nitrogens with zero attached hydrogens (tertiary/aromatic N) is 5. The van der Waals surface area contributed by atoms with Gasteiger partial charge in [0.05, 0.1) is 27.4 Å². The molecule has 41 heavy (non-hydrogen) atoms. The zero-order valence-electron chi connectivity index (χ0n) is 23.7. The maximum Gasteiger partial charge on any atom is 0.219 e. The number of rotatable bonds is 10. The highest BCUT2D eigenvalue weighted by atomic mass is 32.2. The van der Waals surface area contributed by atoms with Gasteiger partial charge in [-0.25, -0.2) is 18.1 Å². The van der Waals surface area contributed by atoms with E-state index in [1.807, 2.05) is 47.1 Å². The van der Waals surface area contributed by atoms with Crippen LogP contribution in [0.2, 0.25) is 25.7 Å². The summed E-state index contributed by atoms with van der Waals surface area (Å²) >= 11 is 0. The van der Waals surface area contributed by atoms with Crippen LogP contribution >= 0.6 is 0 Å². The Kier molecular flexibility index (Phi) is 6.34. The Bertz CT molecular complexity index is 1720. The number of likely N-dealkylation sites (tertiary alicyclic amines) is 1. The molecule has 1 saturated carbocycles. The number of sulfone groups is 1. The molecule has 1 aliphatic carbocycles. The quantitative estimate of drug-likeness (QED) is 0.189. The Balaban J connectivity index is 0.981. The molecule has 0 bridgehead atoms. The second-order valence-corrected chi connectivity index (χ2v) is 20.7. The molecule has 3 atom stereocenters. The first-order chi connectivity index (χ1) is 19.6. The number of hydrogen-bond acceptors (Lipinski definition) is 8. The molecule has 3 aromatic heterocycles. The van der Waals surface area contributed by atoms with Crippen LogP contribution in [0.3, 0.4) is 0 Å². The van der Waals surface area contributed by atoms with E-state index in [1.165, 1.54) is 0 Å². The number of fused-ring (bicyclic) bond motifs is 1. The van der Waals surface area contributed by atoms with Crippen molar-refractivity contribution in [3.05, 3.63) is 66.6 Å². The van der Waals surface area contributed by atoms with Crippen LogP contribution in [0.25, 0.3) is 22.2 Å². The minimum atomic E-state index is -2.89. The molecule has 214 valence electrons. The van der Waals surface area contributed by atoms with Crippen LogP contribution in [0.5, 0.6) is 11.6 Å². The van der Waals surface area contributed by atoms with E-state index in [-0.39, 0.29) is 6.04 Å². The van der Waals surface area contributed by atoms with Crippen molar-refractivity contribution in [3.8, 4) is 22.9 Å². The lowest BCUT2D eigenvalue weighted by molar-refractivity contribution is 0.0798. The van der Waals surface area contributed by atoms with Gasteiger partial charge in [-0.1, -0.05) is 25.7 Å². The minimum absolute atomic E-state index is 0.165. The van der Waals surface area contributed by atoms with E-state index in [9.17, 15) is 8.42 Å². The molecule has 1 aromatic carbocycles. The van der Waals surface area contributed by atoms with Gasteiger partial charge in [-0.2, -0.15) is 5.10 Å². The van der Waals surface area contributed by atoms with Gasteiger partial charge in [-0.15, -0.1) is 0 Å². The summed E-state index contributed by atoms with van der Waals surface area (Å²) in [7, 11) is -4.02. The summed E-state index contributed by atoms with van der Waals surface area (Å²) < 4.78 is 37.9. The van der Waals surface area contributed by atoms with Crippen LogP contribution in [-0.4, -0.2) is 70.8 Å². The lowest BCUT2D eigenvalue weighted by atomic mass is 10.1. The lowest BCUT2D eigenvalue weighted by Gasteiger charge is -2.39. The van der Waals surface area contributed by atoms with Gasteiger partial charge in [0.25, 0.3) is 0 Å². The van der Waals surface area contributed by atoms with E-state index in [0.717, 1.165) is 53.5 Å². The van der Waals surface area contributed by atoms with Gasteiger partial charge in [-0.3, -0.25) is 9.88 Å². The summed E-state index contributed by atoms with van der Waals surface area (Å²) in [5.74, 6) is 1.81. The fourth-order valence-electron chi connectivity index (χ4n) is 6.37. The highest BCUT2D eigenvalue weighted by molar-refractivity contribution is 7.94. The average molecular weight is 590 g/mol. The maximum absolute atomic E-state index is 12.3. The molecule has 1 spiro atoms.